The minimum atomic E-state index is -0.297. The van der Waals surface area contributed by atoms with E-state index in [0.29, 0.717) is 45.0 Å². The van der Waals surface area contributed by atoms with Gasteiger partial charge in [0.25, 0.3) is 0 Å². The molecule has 6 heteroatoms. The first-order valence-corrected chi connectivity index (χ1v) is 8.74. The molecule has 0 aromatic heterocycles. The number of benzene rings is 2. The Hall–Kier alpha value is -2.76. The van der Waals surface area contributed by atoms with Crippen LogP contribution in [0.4, 0.5) is 4.39 Å². The van der Waals surface area contributed by atoms with E-state index in [9.17, 15) is 9.18 Å². The molecule has 3 rings (SSSR count). The molecule has 0 saturated carbocycles. The molecule has 2 aromatic carbocycles. The number of ether oxygens (including phenoxy) is 3. The molecule has 2 aromatic rings. The second-order valence-electron chi connectivity index (χ2n) is 5.98. The van der Waals surface area contributed by atoms with Crippen molar-refractivity contribution in [1.29, 1.82) is 0 Å². The normalized spacial score (nSPS) is 12.5. The van der Waals surface area contributed by atoms with Crippen LogP contribution < -0.4 is 19.5 Å². The summed E-state index contributed by atoms with van der Waals surface area (Å²) in [6.45, 7) is 2.12. The summed E-state index contributed by atoms with van der Waals surface area (Å²) in [5.41, 5.74) is 1.09. The fraction of sp³-hybridized carbons (Fsp3) is 0.350. The molecule has 138 valence electrons. The van der Waals surface area contributed by atoms with Gasteiger partial charge in [-0.05, 0) is 54.8 Å². The second-order valence-corrected chi connectivity index (χ2v) is 5.98. The van der Waals surface area contributed by atoms with Crippen LogP contribution in [0.1, 0.15) is 18.4 Å². The number of halogens is 1. The highest BCUT2D eigenvalue weighted by molar-refractivity contribution is 5.75. The number of amides is 1. The Morgan fingerprint density at radius 1 is 1.08 bits per heavy atom. The largest absolute Gasteiger partial charge is 0.494 e. The molecule has 0 bridgehead atoms. The van der Waals surface area contributed by atoms with E-state index in [4.69, 9.17) is 14.2 Å². The maximum Gasteiger partial charge on any atom is 0.220 e. The van der Waals surface area contributed by atoms with Crippen LogP contribution in [0, 0.1) is 5.82 Å². The topological polar surface area (TPSA) is 56.8 Å². The Bertz CT molecular complexity index is 733. The van der Waals surface area contributed by atoms with Crippen molar-refractivity contribution in [3.63, 3.8) is 0 Å². The van der Waals surface area contributed by atoms with Gasteiger partial charge in [-0.3, -0.25) is 4.79 Å². The summed E-state index contributed by atoms with van der Waals surface area (Å²) in [7, 11) is 0. The van der Waals surface area contributed by atoms with Crippen molar-refractivity contribution in [3.05, 3.63) is 53.8 Å². The highest BCUT2D eigenvalue weighted by atomic mass is 19.1. The van der Waals surface area contributed by atoms with Crippen molar-refractivity contribution < 1.29 is 23.4 Å². The highest BCUT2D eigenvalue weighted by Crippen LogP contribution is 2.30. The van der Waals surface area contributed by atoms with Gasteiger partial charge in [-0.1, -0.05) is 6.07 Å². The van der Waals surface area contributed by atoms with E-state index in [2.05, 4.69) is 5.32 Å². The number of carbonyl (C=O) groups is 1. The molecule has 1 aliphatic heterocycles. The summed E-state index contributed by atoms with van der Waals surface area (Å²) >= 11 is 0. The highest BCUT2D eigenvalue weighted by Gasteiger charge is 2.11. The Balaban J connectivity index is 1.31. The molecule has 1 amide bonds. The van der Waals surface area contributed by atoms with Gasteiger partial charge in [-0.15, -0.1) is 0 Å². The van der Waals surface area contributed by atoms with Crippen LogP contribution in [0.5, 0.6) is 17.2 Å². The minimum absolute atomic E-state index is 0.00903. The van der Waals surface area contributed by atoms with Gasteiger partial charge in [-0.2, -0.15) is 0 Å². The van der Waals surface area contributed by atoms with Gasteiger partial charge >= 0.3 is 0 Å². The molecule has 1 N–H and O–H groups in total. The molecule has 0 spiro atoms. The van der Waals surface area contributed by atoms with E-state index in [1.165, 1.54) is 12.1 Å². The third-order valence-electron chi connectivity index (χ3n) is 3.97. The average molecular weight is 359 g/mol. The number of rotatable bonds is 8. The van der Waals surface area contributed by atoms with Gasteiger partial charge < -0.3 is 19.5 Å². The lowest BCUT2D eigenvalue weighted by Crippen LogP contribution is -2.25. The van der Waals surface area contributed by atoms with Gasteiger partial charge in [0.2, 0.25) is 5.91 Å². The zero-order chi connectivity index (χ0) is 18.2. The quantitative estimate of drug-likeness (QED) is 0.736. The summed E-state index contributed by atoms with van der Waals surface area (Å²) in [4.78, 5) is 11.9. The van der Waals surface area contributed by atoms with E-state index in [0.717, 1.165) is 23.5 Å². The van der Waals surface area contributed by atoms with Crippen LogP contribution in [0.3, 0.4) is 0 Å². The fourth-order valence-electron chi connectivity index (χ4n) is 2.63. The minimum Gasteiger partial charge on any atom is -0.494 e. The third-order valence-corrected chi connectivity index (χ3v) is 3.97. The molecule has 0 fully saturated rings. The smallest absolute Gasteiger partial charge is 0.220 e. The second kappa shape index (κ2) is 9.08. The molecule has 26 heavy (non-hydrogen) atoms. The van der Waals surface area contributed by atoms with Crippen molar-refractivity contribution in [2.45, 2.75) is 19.3 Å². The molecular weight excluding hydrogens is 337 g/mol. The van der Waals surface area contributed by atoms with Crippen molar-refractivity contribution in [2.75, 3.05) is 26.4 Å². The zero-order valence-electron chi connectivity index (χ0n) is 14.5. The van der Waals surface area contributed by atoms with E-state index in [1.54, 1.807) is 12.1 Å². The van der Waals surface area contributed by atoms with E-state index in [1.807, 2.05) is 18.2 Å². The molecular formula is C20H22FNO4. The molecule has 0 aliphatic carbocycles. The predicted molar refractivity (Wildman–Crippen MR) is 95.3 cm³/mol. The fourth-order valence-corrected chi connectivity index (χ4v) is 2.63. The first-order valence-electron chi connectivity index (χ1n) is 8.74. The van der Waals surface area contributed by atoms with Crippen molar-refractivity contribution in [3.8, 4) is 17.2 Å². The number of fused-ring (bicyclic) bond motifs is 1. The first-order chi connectivity index (χ1) is 12.7. The van der Waals surface area contributed by atoms with Crippen LogP contribution in [-0.4, -0.2) is 32.3 Å². The Morgan fingerprint density at radius 3 is 2.65 bits per heavy atom. The monoisotopic (exact) mass is 359 g/mol. The molecule has 1 aliphatic rings. The van der Waals surface area contributed by atoms with Crippen LogP contribution in [0.2, 0.25) is 0 Å². The summed E-state index contributed by atoms with van der Waals surface area (Å²) in [5.74, 6) is 1.83. The number of hydrogen-bond donors (Lipinski definition) is 1. The first kappa shape index (κ1) is 18.0. The zero-order valence-corrected chi connectivity index (χ0v) is 14.5. The predicted octanol–water partition coefficient (Wildman–Crippen LogP) is 3.11. The molecule has 0 atom stereocenters. The van der Waals surface area contributed by atoms with E-state index in [-0.39, 0.29) is 11.7 Å². The molecule has 1 heterocycles. The number of carbonyl (C=O) groups excluding carboxylic acids is 1. The Morgan fingerprint density at radius 2 is 1.85 bits per heavy atom. The average Bonchev–Trinajstić information content (AvgIpc) is 2.66. The van der Waals surface area contributed by atoms with Crippen molar-refractivity contribution in [2.24, 2.45) is 0 Å². The van der Waals surface area contributed by atoms with Gasteiger partial charge in [-0.25, -0.2) is 4.39 Å². The van der Waals surface area contributed by atoms with Gasteiger partial charge in [0.1, 0.15) is 24.8 Å². The van der Waals surface area contributed by atoms with Crippen molar-refractivity contribution in [1.82, 2.24) is 5.32 Å². The molecule has 5 nitrogen and oxygen atoms in total. The van der Waals surface area contributed by atoms with E-state index < -0.39 is 0 Å². The van der Waals surface area contributed by atoms with Gasteiger partial charge in [0.15, 0.2) is 11.5 Å². The lowest BCUT2D eigenvalue weighted by Gasteiger charge is -2.18. The molecule has 0 saturated heterocycles. The van der Waals surface area contributed by atoms with Crippen LogP contribution in [-0.2, 0) is 11.2 Å². The van der Waals surface area contributed by atoms with Crippen LogP contribution >= 0.6 is 0 Å². The summed E-state index contributed by atoms with van der Waals surface area (Å²) in [6, 6.07) is 11.7. The maximum absolute atomic E-state index is 12.8. The summed E-state index contributed by atoms with van der Waals surface area (Å²) < 4.78 is 29.3. The van der Waals surface area contributed by atoms with Crippen LogP contribution in [0.15, 0.2) is 42.5 Å². The maximum atomic E-state index is 12.8. The summed E-state index contributed by atoms with van der Waals surface area (Å²) in [6.07, 6.45) is 1.73. The standard InChI is InChI=1S/C20H22FNO4/c21-16-4-6-17(7-5-16)24-11-1-2-20(23)22-10-9-15-3-8-18-19(14-15)26-13-12-25-18/h3-8,14H,1-2,9-13H2,(H,22,23). The Kier molecular flexibility index (Phi) is 6.30. The lowest BCUT2D eigenvalue weighted by molar-refractivity contribution is -0.121. The third kappa shape index (κ3) is 5.37. The van der Waals surface area contributed by atoms with Gasteiger partial charge in [0, 0.05) is 13.0 Å². The van der Waals surface area contributed by atoms with Crippen molar-refractivity contribution >= 4 is 5.91 Å². The van der Waals surface area contributed by atoms with Crippen LogP contribution in [0.25, 0.3) is 0 Å². The summed E-state index contributed by atoms with van der Waals surface area (Å²) in [5, 5.41) is 2.90. The molecule has 0 radical (unpaired) electrons. The number of nitrogens with one attached hydrogen (secondary N) is 1. The number of hydrogen-bond acceptors (Lipinski definition) is 4. The van der Waals surface area contributed by atoms with Gasteiger partial charge in [0.05, 0.1) is 6.61 Å². The SMILES string of the molecule is O=C(CCCOc1ccc(F)cc1)NCCc1ccc2c(c1)OCCO2. The Labute approximate surface area is 152 Å². The van der Waals surface area contributed by atoms with E-state index >= 15 is 0 Å². The molecule has 0 unspecified atom stereocenters. The lowest BCUT2D eigenvalue weighted by atomic mass is 10.1.